The van der Waals surface area contributed by atoms with Crippen LogP contribution in [0.2, 0.25) is 5.02 Å². The molecule has 0 radical (unpaired) electrons. The summed E-state index contributed by atoms with van der Waals surface area (Å²) in [7, 11) is 0. The minimum atomic E-state index is 0.622. The summed E-state index contributed by atoms with van der Waals surface area (Å²) in [6.07, 6.45) is 5.88. The van der Waals surface area contributed by atoms with E-state index in [1.54, 1.807) is 0 Å². The third-order valence-electron chi connectivity index (χ3n) is 5.01. The second-order valence-electron chi connectivity index (χ2n) is 6.10. The van der Waals surface area contributed by atoms with E-state index in [1.807, 2.05) is 12.1 Å². The average molecular weight is 264 g/mol. The fourth-order valence-corrected chi connectivity index (χ4v) is 4.17. The van der Waals surface area contributed by atoms with Crippen LogP contribution in [0.5, 0.6) is 0 Å². The SMILES string of the molecule is C[C@H](NCc1ccccc1Cl)[C@@H]1C[C@H]2CC[C@H]1C2. The van der Waals surface area contributed by atoms with E-state index in [4.69, 9.17) is 11.6 Å². The molecule has 2 fully saturated rings. The average Bonchev–Trinajstić information content (AvgIpc) is 2.99. The Hall–Kier alpha value is -0.530. The largest absolute Gasteiger partial charge is 0.310 e. The van der Waals surface area contributed by atoms with E-state index < -0.39 is 0 Å². The number of halogens is 1. The number of hydrogen-bond acceptors (Lipinski definition) is 1. The third kappa shape index (κ3) is 2.44. The Morgan fingerprint density at radius 2 is 2.11 bits per heavy atom. The summed E-state index contributed by atoms with van der Waals surface area (Å²) in [4.78, 5) is 0. The maximum absolute atomic E-state index is 6.19. The number of fused-ring (bicyclic) bond motifs is 2. The van der Waals surface area contributed by atoms with E-state index in [2.05, 4.69) is 24.4 Å². The van der Waals surface area contributed by atoms with Crippen LogP contribution in [0.1, 0.15) is 38.2 Å². The van der Waals surface area contributed by atoms with Gasteiger partial charge >= 0.3 is 0 Å². The molecule has 2 aliphatic carbocycles. The first kappa shape index (κ1) is 12.5. The van der Waals surface area contributed by atoms with Gasteiger partial charge in [0.05, 0.1) is 0 Å². The predicted octanol–water partition coefficient (Wildman–Crippen LogP) is 4.25. The lowest BCUT2D eigenvalue weighted by Gasteiger charge is -2.28. The molecule has 1 aromatic rings. The topological polar surface area (TPSA) is 12.0 Å². The van der Waals surface area contributed by atoms with Gasteiger partial charge in [0.15, 0.2) is 0 Å². The van der Waals surface area contributed by atoms with Gasteiger partial charge in [-0.25, -0.2) is 0 Å². The van der Waals surface area contributed by atoms with Crippen molar-refractivity contribution in [1.29, 1.82) is 0 Å². The molecule has 0 saturated heterocycles. The standard InChI is InChI=1S/C16H22ClN/c1-11(15-9-12-6-7-13(15)8-12)18-10-14-4-2-3-5-16(14)17/h2-5,11-13,15,18H,6-10H2,1H3/t11-,12-,13-,15-/m0/s1. The maximum Gasteiger partial charge on any atom is 0.0450 e. The first-order valence-corrected chi connectivity index (χ1v) is 7.58. The second kappa shape index (κ2) is 5.22. The summed E-state index contributed by atoms with van der Waals surface area (Å²) in [6.45, 7) is 3.25. The van der Waals surface area contributed by atoms with E-state index in [1.165, 1.54) is 31.2 Å². The highest BCUT2D eigenvalue weighted by molar-refractivity contribution is 6.31. The number of nitrogens with one attached hydrogen (secondary N) is 1. The van der Waals surface area contributed by atoms with Gasteiger partial charge in [0.2, 0.25) is 0 Å². The van der Waals surface area contributed by atoms with Crippen LogP contribution < -0.4 is 5.32 Å². The second-order valence-corrected chi connectivity index (χ2v) is 6.51. The molecule has 18 heavy (non-hydrogen) atoms. The summed E-state index contributed by atoms with van der Waals surface area (Å²) in [5.41, 5.74) is 1.22. The molecule has 4 atom stereocenters. The highest BCUT2D eigenvalue weighted by Crippen LogP contribution is 2.49. The van der Waals surface area contributed by atoms with Gasteiger partial charge < -0.3 is 5.32 Å². The molecule has 2 heteroatoms. The fourth-order valence-electron chi connectivity index (χ4n) is 3.97. The first-order valence-electron chi connectivity index (χ1n) is 7.21. The van der Waals surface area contributed by atoms with Crippen LogP contribution in [-0.4, -0.2) is 6.04 Å². The van der Waals surface area contributed by atoms with Crippen LogP contribution in [0.3, 0.4) is 0 Å². The predicted molar refractivity (Wildman–Crippen MR) is 76.7 cm³/mol. The highest BCUT2D eigenvalue weighted by Gasteiger charge is 2.41. The monoisotopic (exact) mass is 263 g/mol. The van der Waals surface area contributed by atoms with Crippen molar-refractivity contribution in [1.82, 2.24) is 5.32 Å². The Bertz CT molecular complexity index is 417. The van der Waals surface area contributed by atoms with E-state index in [0.29, 0.717) is 6.04 Å². The van der Waals surface area contributed by atoms with Crippen LogP contribution in [0, 0.1) is 17.8 Å². The Morgan fingerprint density at radius 1 is 1.28 bits per heavy atom. The molecule has 2 bridgehead atoms. The van der Waals surface area contributed by atoms with Crippen molar-refractivity contribution in [2.24, 2.45) is 17.8 Å². The molecule has 3 rings (SSSR count). The molecule has 1 aromatic carbocycles. The third-order valence-corrected chi connectivity index (χ3v) is 5.38. The lowest BCUT2D eigenvalue weighted by molar-refractivity contribution is 0.259. The van der Waals surface area contributed by atoms with Gasteiger partial charge in [-0.15, -0.1) is 0 Å². The summed E-state index contributed by atoms with van der Waals surface area (Å²) in [6, 6.07) is 8.76. The minimum Gasteiger partial charge on any atom is -0.310 e. The van der Waals surface area contributed by atoms with Crippen LogP contribution in [-0.2, 0) is 6.54 Å². The van der Waals surface area contributed by atoms with Crippen molar-refractivity contribution < 1.29 is 0 Å². The Morgan fingerprint density at radius 3 is 2.78 bits per heavy atom. The molecule has 0 heterocycles. The van der Waals surface area contributed by atoms with Crippen molar-refractivity contribution in [3.63, 3.8) is 0 Å². The van der Waals surface area contributed by atoms with Crippen LogP contribution >= 0.6 is 11.6 Å². The van der Waals surface area contributed by atoms with E-state index in [-0.39, 0.29) is 0 Å². The molecular formula is C16H22ClN. The highest BCUT2D eigenvalue weighted by atomic mass is 35.5. The molecule has 1 N–H and O–H groups in total. The normalized spacial score (nSPS) is 31.8. The van der Waals surface area contributed by atoms with Gasteiger partial charge in [-0.1, -0.05) is 36.2 Å². The zero-order valence-electron chi connectivity index (χ0n) is 11.0. The summed E-state index contributed by atoms with van der Waals surface area (Å²) in [5.74, 6) is 2.92. The number of hydrogen-bond donors (Lipinski definition) is 1. The molecule has 98 valence electrons. The summed E-state index contributed by atoms with van der Waals surface area (Å²) >= 11 is 6.19. The molecule has 0 spiro atoms. The van der Waals surface area contributed by atoms with Gasteiger partial charge in [-0.2, -0.15) is 0 Å². The van der Waals surface area contributed by atoms with Crippen molar-refractivity contribution in [3.05, 3.63) is 34.9 Å². The van der Waals surface area contributed by atoms with Crippen molar-refractivity contribution >= 4 is 11.6 Å². The molecule has 0 amide bonds. The van der Waals surface area contributed by atoms with Gasteiger partial charge in [-0.3, -0.25) is 0 Å². The van der Waals surface area contributed by atoms with Crippen molar-refractivity contribution in [3.8, 4) is 0 Å². The van der Waals surface area contributed by atoms with Gasteiger partial charge in [0.1, 0.15) is 0 Å². The van der Waals surface area contributed by atoms with Gasteiger partial charge in [-0.05, 0) is 55.6 Å². The van der Waals surface area contributed by atoms with Crippen LogP contribution in [0.4, 0.5) is 0 Å². The molecule has 2 aliphatic rings. The molecule has 2 saturated carbocycles. The van der Waals surface area contributed by atoms with Crippen LogP contribution in [0.25, 0.3) is 0 Å². The fraction of sp³-hybridized carbons (Fsp3) is 0.625. The van der Waals surface area contributed by atoms with Gasteiger partial charge in [0.25, 0.3) is 0 Å². The Kier molecular flexibility index (Phi) is 3.63. The van der Waals surface area contributed by atoms with E-state index in [0.717, 1.165) is 29.3 Å². The van der Waals surface area contributed by atoms with E-state index >= 15 is 0 Å². The maximum atomic E-state index is 6.19. The summed E-state index contributed by atoms with van der Waals surface area (Å²) < 4.78 is 0. The lowest BCUT2D eigenvalue weighted by atomic mass is 9.84. The lowest BCUT2D eigenvalue weighted by Crippen LogP contribution is -2.35. The Labute approximate surface area is 115 Å². The summed E-state index contributed by atoms with van der Waals surface area (Å²) in [5, 5.41) is 4.56. The van der Waals surface area contributed by atoms with Gasteiger partial charge in [0, 0.05) is 17.6 Å². The number of benzene rings is 1. The molecule has 0 aromatic heterocycles. The zero-order chi connectivity index (χ0) is 12.5. The quantitative estimate of drug-likeness (QED) is 0.856. The molecule has 0 unspecified atom stereocenters. The molecule has 0 aliphatic heterocycles. The van der Waals surface area contributed by atoms with Crippen molar-refractivity contribution in [2.75, 3.05) is 0 Å². The minimum absolute atomic E-state index is 0.622. The van der Waals surface area contributed by atoms with Crippen LogP contribution in [0.15, 0.2) is 24.3 Å². The first-order chi connectivity index (χ1) is 8.74. The van der Waals surface area contributed by atoms with E-state index in [9.17, 15) is 0 Å². The zero-order valence-corrected chi connectivity index (χ0v) is 11.8. The number of rotatable bonds is 4. The smallest absolute Gasteiger partial charge is 0.0450 e. The Balaban J connectivity index is 1.56. The molecule has 1 nitrogen and oxygen atoms in total. The molecular weight excluding hydrogens is 242 g/mol. The van der Waals surface area contributed by atoms with Crippen molar-refractivity contribution in [2.45, 2.75) is 45.2 Å².